The molecule has 0 fully saturated rings. The smallest absolute Gasteiger partial charge is 0.268 e. The summed E-state index contributed by atoms with van der Waals surface area (Å²) in [5, 5.41) is 9.53. The minimum absolute atomic E-state index is 0.0934. The molecule has 0 spiro atoms. The normalized spacial score (nSPS) is 11.7. The number of rotatable bonds is 7. The highest BCUT2D eigenvalue weighted by atomic mass is 32.2. The summed E-state index contributed by atoms with van der Waals surface area (Å²) in [7, 11) is -1.90. The molecule has 0 atom stereocenters. The number of benzene rings is 2. The van der Waals surface area contributed by atoms with Crippen LogP contribution in [0.1, 0.15) is 23.7 Å². The lowest BCUT2D eigenvalue weighted by atomic mass is 10.0. The average molecular weight is 568 g/mol. The lowest BCUT2D eigenvalue weighted by Gasteiger charge is -2.18. The Hall–Kier alpha value is -4.03. The Labute approximate surface area is 228 Å². The maximum atomic E-state index is 14.0. The predicted octanol–water partition coefficient (Wildman–Crippen LogP) is 5.47. The molecule has 0 bridgehead atoms. The van der Waals surface area contributed by atoms with Crippen molar-refractivity contribution in [1.29, 1.82) is 0 Å². The fourth-order valence-corrected chi connectivity index (χ4v) is 6.02. The van der Waals surface area contributed by atoms with Crippen LogP contribution < -0.4 is 15.0 Å². The molecule has 3 aromatic heterocycles. The van der Waals surface area contributed by atoms with Crippen molar-refractivity contribution in [2.75, 3.05) is 10.5 Å². The number of halogens is 1. The van der Waals surface area contributed by atoms with Crippen LogP contribution in [0.4, 0.5) is 10.1 Å². The van der Waals surface area contributed by atoms with E-state index < -0.39 is 10.0 Å². The number of hydrogen-bond donors (Lipinski definition) is 1. The van der Waals surface area contributed by atoms with Crippen LogP contribution in [0.25, 0.3) is 26.2 Å². The number of aryl methyl sites for hydroxylation is 4. The summed E-state index contributed by atoms with van der Waals surface area (Å²) in [6.45, 7) is 6.89. The zero-order valence-electron chi connectivity index (χ0n) is 21.9. The topological polar surface area (TPSA) is 108 Å². The molecular weight excluding hydrogens is 541 g/mol. The first kappa shape index (κ1) is 26.6. The minimum atomic E-state index is -3.55. The van der Waals surface area contributed by atoms with Gasteiger partial charge in [-0.2, -0.15) is 0 Å². The van der Waals surface area contributed by atoms with Crippen molar-refractivity contribution < 1.29 is 17.5 Å². The number of anilines is 1. The summed E-state index contributed by atoms with van der Waals surface area (Å²) >= 11 is 1.28. The second kappa shape index (κ2) is 9.93. The molecule has 0 saturated heterocycles. The van der Waals surface area contributed by atoms with E-state index in [9.17, 15) is 17.6 Å². The number of sulfonamides is 1. The number of ether oxygens (including phenoxy) is 1. The zero-order chi connectivity index (χ0) is 28.1. The van der Waals surface area contributed by atoms with Gasteiger partial charge in [0.1, 0.15) is 27.0 Å². The van der Waals surface area contributed by atoms with Crippen molar-refractivity contribution in [2.45, 2.75) is 27.7 Å². The van der Waals surface area contributed by atoms with Crippen LogP contribution in [-0.4, -0.2) is 33.7 Å². The van der Waals surface area contributed by atoms with Crippen LogP contribution in [0, 0.1) is 26.6 Å². The van der Waals surface area contributed by atoms with E-state index in [0.29, 0.717) is 54.5 Å². The predicted molar refractivity (Wildman–Crippen MR) is 151 cm³/mol. The molecule has 39 heavy (non-hydrogen) atoms. The van der Waals surface area contributed by atoms with Crippen LogP contribution in [0.2, 0.25) is 0 Å². The quantitative estimate of drug-likeness (QED) is 0.280. The van der Waals surface area contributed by atoms with Crippen molar-refractivity contribution in [1.82, 2.24) is 19.6 Å². The van der Waals surface area contributed by atoms with Gasteiger partial charge in [0.2, 0.25) is 10.0 Å². The lowest BCUT2D eigenvalue weighted by Crippen LogP contribution is -2.16. The molecule has 9 nitrogen and oxygen atoms in total. The molecule has 0 radical (unpaired) electrons. The van der Waals surface area contributed by atoms with Gasteiger partial charge in [-0.05, 0) is 75.2 Å². The van der Waals surface area contributed by atoms with Crippen LogP contribution in [0.3, 0.4) is 0 Å². The first-order chi connectivity index (χ1) is 18.5. The third-order valence-corrected chi connectivity index (χ3v) is 8.66. The zero-order valence-corrected chi connectivity index (χ0v) is 23.6. The number of hydrogen-bond acceptors (Lipinski definition) is 7. The van der Waals surface area contributed by atoms with Crippen molar-refractivity contribution >= 4 is 37.1 Å². The van der Waals surface area contributed by atoms with E-state index in [-0.39, 0.29) is 17.1 Å². The number of aromatic nitrogens is 4. The monoisotopic (exact) mass is 567 g/mol. The first-order valence-corrected chi connectivity index (χ1v) is 14.5. The van der Waals surface area contributed by atoms with Crippen LogP contribution in [0.5, 0.6) is 11.5 Å². The summed E-state index contributed by atoms with van der Waals surface area (Å²) < 4.78 is 51.2. The maximum Gasteiger partial charge on any atom is 0.268 e. The molecule has 0 unspecified atom stereocenters. The number of nitrogens with one attached hydrogen (secondary N) is 1. The van der Waals surface area contributed by atoms with E-state index in [0.717, 1.165) is 5.69 Å². The molecule has 2 aromatic carbocycles. The Morgan fingerprint density at radius 3 is 2.41 bits per heavy atom. The molecular formula is C27H26FN5O4S2. The van der Waals surface area contributed by atoms with Crippen LogP contribution in [-0.2, 0) is 17.1 Å². The molecule has 5 aromatic rings. The van der Waals surface area contributed by atoms with E-state index >= 15 is 0 Å². The van der Waals surface area contributed by atoms with Crippen molar-refractivity contribution in [3.05, 3.63) is 81.8 Å². The second-order valence-electron chi connectivity index (χ2n) is 9.28. The summed E-state index contributed by atoms with van der Waals surface area (Å²) in [5.41, 5.74) is 3.31. The van der Waals surface area contributed by atoms with Gasteiger partial charge >= 0.3 is 0 Å². The van der Waals surface area contributed by atoms with E-state index in [1.54, 1.807) is 63.1 Å². The molecule has 0 aliphatic heterocycles. The Kier molecular flexibility index (Phi) is 6.77. The fraction of sp³-hybridized carbons (Fsp3) is 0.222. The summed E-state index contributed by atoms with van der Waals surface area (Å²) in [6, 6.07) is 9.58. The summed E-state index contributed by atoms with van der Waals surface area (Å²) in [6.07, 6.45) is 3.46. The number of thiophene rings is 1. The molecule has 12 heteroatoms. The Balaban J connectivity index is 1.76. The molecule has 0 saturated carbocycles. The molecule has 0 aliphatic rings. The van der Waals surface area contributed by atoms with Gasteiger partial charge < -0.3 is 9.30 Å². The highest BCUT2D eigenvalue weighted by Gasteiger charge is 2.20. The lowest BCUT2D eigenvalue weighted by molar-refractivity contribution is 0.474. The van der Waals surface area contributed by atoms with Crippen molar-refractivity contribution in [3.63, 3.8) is 0 Å². The Bertz CT molecular complexity index is 1880. The molecule has 0 aliphatic carbocycles. The van der Waals surface area contributed by atoms with Gasteiger partial charge in [-0.1, -0.05) is 5.21 Å². The van der Waals surface area contributed by atoms with Crippen molar-refractivity contribution in [2.24, 2.45) is 7.05 Å². The van der Waals surface area contributed by atoms with Gasteiger partial charge in [-0.25, -0.2) is 17.5 Å². The van der Waals surface area contributed by atoms with Gasteiger partial charge in [0, 0.05) is 35.4 Å². The highest BCUT2D eigenvalue weighted by molar-refractivity contribution is 7.92. The maximum absolute atomic E-state index is 14.0. The van der Waals surface area contributed by atoms with Gasteiger partial charge in [-0.3, -0.25) is 9.52 Å². The summed E-state index contributed by atoms with van der Waals surface area (Å²) in [4.78, 5) is 13.1. The molecule has 5 rings (SSSR count). The van der Waals surface area contributed by atoms with Gasteiger partial charge in [-0.15, -0.1) is 16.4 Å². The SMILES string of the molecule is CCS(=O)(=O)Nc1ccc(Oc2c(C)cc(F)cc2C)c(-c2cn(C)c(=O)c3sc(-n4cc(C)nn4)cc23)c1. The Morgan fingerprint density at radius 1 is 1.05 bits per heavy atom. The van der Waals surface area contributed by atoms with Crippen LogP contribution >= 0.6 is 11.3 Å². The number of pyridine rings is 1. The van der Waals surface area contributed by atoms with E-state index in [2.05, 4.69) is 15.0 Å². The van der Waals surface area contributed by atoms with Gasteiger partial charge in [0.15, 0.2) is 0 Å². The second-order valence-corrected chi connectivity index (χ2v) is 12.3. The highest BCUT2D eigenvalue weighted by Crippen LogP contribution is 2.42. The van der Waals surface area contributed by atoms with Crippen LogP contribution in [0.15, 0.2) is 53.6 Å². The fourth-order valence-electron chi connectivity index (χ4n) is 4.31. The molecule has 1 N–H and O–H groups in total. The third-order valence-electron chi connectivity index (χ3n) is 6.24. The Morgan fingerprint density at radius 2 is 1.77 bits per heavy atom. The van der Waals surface area contributed by atoms with Crippen molar-refractivity contribution in [3.8, 4) is 27.6 Å². The van der Waals surface area contributed by atoms with Gasteiger partial charge in [0.05, 0.1) is 17.6 Å². The number of nitrogens with zero attached hydrogens (tertiary/aromatic N) is 4. The van der Waals surface area contributed by atoms with E-state index in [4.69, 9.17) is 4.74 Å². The van der Waals surface area contributed by atoms with Gasteiger partial charge in [0.25, 0.3) is 5.56 Å². The molecule has 0 amide bonds. The van der Waals surface area contributed by atoms with E-state index in [1.807, 2.05) is 13.0 Å². The first-order valence-electron chi connectivity index (χ1n) is 12.1. The number of fused-ring (bicyclic) bond motifs is 1. The molecule has 3 heterocycles. The minimum Gasteiger partial charge on any atom is -0.456 e. The summed E-state index contributed by atoms with van der Waals surface area (Å²) in [5.74, 6) is 0.446. The standard InChI is InChI=1S/C27H26FN5O4S2/c1-6-39(35,36)30-19-7-8-23(37-25-15(2)9-18(28)10-16(25)3)20(11-19)22-14-32(5)27(34)26-21(22)12-24(38-26)33-13-17(4)29-31-33/h7-14,30H,6H2,1-5H3. The average Bonchev–Trinajstić information content (AvgIpc) is 3.51. The largest absolute Gasteiger partial charge is 0.456 e. The molecule has 202 valence electrons. The van der Waals surface area contributed by atoms with E-state index in [1.165, 1.54) is 28.0 Å². The third kappa shape index (κ3) is 5.17.